The second-order valence-electron chi connectivity index (χ2n) is 25.2. The Balaban J connectivity index is 4.30. The Kier molecular flexibility index (Phi) is 69.6. The van der Waals surface area contributed by atoms with E-state index in [1.165, 1.54) is 289 Å². The Morgan fingerprint density at radius 2 is 0.434 bits per heavy atom. The van der Waals surface area contributed by atoms with Crippen molar-refractivity contribution in [2.75, 3.05) is 13.2 Å². The molecule has 6 nitrogen and oxygen atoms in total. The van der Waals surface area contributed by atoms with Gasteiger partial charge in [0.2, 0.25) is 0 Å². The second kappa shape index (κ2) is 71.8. The molecule has 0 rings (SSSR count). The second-order valence-corrected chi connectivity index (χ2v) is 25.2. The summed E-state index contributed by atoms with van der Waals surface area (Å²) in [7, 11) is 0. The van der Waals surface area contributed by atoms with E-state index in [0.717, 1.165) is 77.0 Å². The Morgan fingerprint density at radius 1 is 0.241 bits per heavy atom. The average molecular weight is 1160 g/mol. The van der Waals surface area contributed by atoms with Crippen LogP contribution in [0.2, 0.25) is 0 Å². The van der Waals surface area contributed by atoms with Gasteiger partial charge in [0, 0.05) is 19.3 Å². The smallest absolute Gasteiger partial charge is 0.306 e. The molecule has 0 saturated heterocycles. The van der Waals surface area contributed by atoms with Gasteiger partial charge in [-0.25, -0.2) is 0 Å². The molecule has 0 aromatic heterocycles. The van der Waals surface area contributed by atoms with E-state index in [9.17, 15) is 14.4 Å². The third kappa shape index (κ3) is 70.0. The van der Waals surface area contributed by atoms with E-state index in [2.05, 4.69) is 69.4 Å². The molecule has 1 atom stereocenters. The van der Waals surface area contributed by atoms with Crippen LogP contribution in [0.15, 0.2) is 48.6 Å². The van der Waals surface area contributed by atoms with Crippen molar-refractivity contribution in [2.24, 2.45) is 0 Å². The lowest BCUT2D eigenvalue weighted by Gasteiger charge is -2.18. The van der Waals surface area contributed by atoms with Crippen LogP contribution in [0.25, 0.3) is 0 Å². The molecule has 0 aromatic rings. The molecule has 0 amide bonds. The number of ether oxygens (including phenoxy) is 3. The lowest BCUT2D eigenvalue weighted by molar-refractivity contribution is -0.167. The van der Waals surface area contributed by atoms with Crippen LogP contribution in [0.4, 0.5) is 0 Å². The Morgan fingerprint density at radius 3 is 0.687 bits per heavy atom. The van der Waals surface area contributed by atoms with E-state index in [-0.39, 0.29) is 31.1 Å². The molecule has 0 spiro atoms. The van der Waals surface area contributed by atoms with Crippen LogP contribution in [-0.4, -0.2) is 37.2 Å². The molecule has 0 saturated carbocycles. The van der Waals surface area contributed by atoms with Gasteiger partial charge in [0.1, 0.15) is 13.2 Å². The highest BCUT2D eigenvalue weighted by atomic mass is 16.6. The first kappa shape index (κ1) is 80.4. The number of carbonyl (C=O) groups is 3. The van der Waals surface area contributed by atoms with Crippen molar-refractivity contribution in [3.63, 3.8) is 0 Å². The number of unbranched alkanes of at least 4 members (excludes halogenated alkanes) is 50. The number of allylic oxidation sites excluding steroid dienone is 8. The van der Waals surface area contributed by atoms with Gasteiger partial charge in [-0.2, -0.15) is 0 Å². The van der Waals surface area contributed by atoms with Crippen LogP contribution in [0.3, 0.4) is 0 Å². The molecule has 0 heterocycles. The Bertz CT molecular complexity index is 1430. The van der Waals surface area contributed by atoms with Gasteiger partial charge >= 0.3 is 17.9 Å². The van der Waals surface area contributed by atoms with Crippen molar-refractivity contribution in [3.8, 4) is 0 Å². The van der Waals surface area contributed by atoms with E-state index in [4.69, 9.17) is 14.2 Å². The molecule has 0 aliphatic carbocycles. The quantitative estimate of drug-likeness (QED) is 0.0261. The summed E-state index contributed by atoms with van der Waals surface area (Å²) < 4.78 is 17.0. The number of esters is 3. The number of hydrogen-bond acceptors (Lipinski definition) is 6. The van der Waals surface area contributed by atoms with Gasteiger partial charge in [-0.1, -0.05) is 352 Å². The summed E-state index contributed by atoms with van der Waals surface area (Å²) in [5, 5.41) is 0. The van der Waals surface area contributed by atoms with Crippen molar-refractivity contribution in [1.29, 1.82) is 0 Å². The van der Waals surface area contributed by atoms with E-state index < -0.39 is 6.10 Å². The molecule has 0 radical (unpaired) electrons. The Hall–Kier alpha value is -2.63. The van der Waals surface area contributed by atoms with Gasteiger partial charge in [-0.3, -0.25) is 14.4 Å². The van der Waals surface area contributed by atoms with Crippen molar-refractivity contribution in [3.05, 3.63) is 48.6 Å². The fraction of sp³-hybridized carbons (Fsp3) is 0.857. The molecule has 0 aliphatic rings. The normalized spacial score (nSPS) is 12.3. The van der Waals surface area contributed by atoms with Gasteiger partial charge in [-0.05, 0) is 83.5 Å². The molecule has 0 aromatic carbocycles. The molecule has 1 unspecified atom stereocenters. The predicted molar refractivity (Wildman–Crippen MR) is 362 cm³/mol. The van der Waals surface area contributed by atoms with E-state index in [0.29, 0.717) is 19.3 Å². The van der Waals surface area contributed by atoms with Crippen LogP contribution < -0.4 is 0 Å². The molecule has 486 valence electrons. The van der Waals surface area contributed by atoms with Gasteiger partial charge in [0.15, 0.2) is 6.10 Å². The highest BCUT2D eigenvalue weighted by molar-refractivity contribution is 5.71. The largest absolute Gasteiger partial charge is 0.462 e. The first-order valence-electron chi connectivity index (χ1n) is 37.1. The molecule has 83 heavy (non-hydrogen) atoms. The lowest BCUT2D eigenvalue weighted by Crippen LogP contribution is -2.30. The van der Waals surface area contributed by atoms with Crippen LogP contribution in [-0.2, 0) is 28.6 Å². The molecule has 0 fully saturated rings. The SMILES string of the molecule is CCCCCCC/C=C\C/C=C\C/C=C\CCCCCCCCC(=O)OC(COC(=O)CCCCCCCCCCCCCCCCC/C=C\CCCCCCCCCC)COC(=O)CCCCCCCCCCCCCCCCCCC. The van der Waals surface area contributed by atoms with E-state index in [1.807, 2.05) is 0 Å². The lowest BCUT2D eigenvalue weighted by atomic mass is 10.0. The maximum atomic E-state index is 13.0. The fourth-order valence-electron chi connectivity index (χ4n) is 11.2. The van der Waals surface area contributed by atoms with Crippen LogP contribution in [0.1, 0.15) is 406 Å². The number of rotatable bonds is 69. The summed E-state index contributed by atoms with van der Waals surface area (Å²) in [5.41, 5.74) is 0. The topological polar surface area (TPSA) is 78.9 Å². The van der Waals surface area contributed by atoms with Gasteiger partial charge < -0.3 is 14.2 Å². The molecule has 0 aliphatic heterocycles. The Labute approximate surface area is 518 Å². The summed E-state index contributed by atoms with van der Waals surface area (Å²) in [6.07, 6.45) is 91.4. The summed E-state index contributed by atoms with van der Waals surface area (Å²) in [4.78, 5) is 38.5. The molecule has 0 N–H and O–H groups in total. The van der Waals surface area contributed by atoms with Gasteiger partial charge in [0.25, 0.3) is 0 Å². The maximum absolute atomic E-state index is 13.0. The minimum Gasteiger partial charge on any atom is -0.462 e. The first-order chi connectivity index (χ1) is 41.0. The van der Waals surface area contributed by atoms with Crippen LogP contribution >= 0.6 is 0 Å². The van der Waals surface area contributed by atoms with Crippen molar-refractivity contribution in [2.45, 2.75) is 412 Å². The van der Waals surface area contributed by atoms with Crippen molar-refractivity contribution >= 4 is 17.9 Å². The zero-order chi connectivity index (χ0) is 59.9. The molecular weight excluding hydrogens is 1020 g/mol. The standard InChI is InChI=1S/C77H142O6/c1-4-7-10-13-16-19-22-25-28-31-33-35-36-37-38-39-40-42-43-46-49-52-55-58-61-64-67-70-76(79)82-73-74(72-81-75(78)69-66-63-60-57-54-51-48-45-30-27-24-21-18-15-12-9-6-3)83-77(80)71-68-65-62-59-56-53-50-47-44-41-34-32-29-26-23-20-17-14-11-8-5-2/h23,26,31-34,44,47,74H,4-22,24-25,27-30,35-43,45-46,48-73H2,1-3H3/b26-23-,33-31-,34-32-,47-44-. The third-order valence-electron chi connectivity index (χ3n) is 16.8. The summed E-state index contributed by atoms with van der Waals surface area (Å²) in [6.45, 7) is 6.70. The highest BCUT2D eigenvalue weighted by Crippen LogP contribution is 2.18. The highest BCUT2D eigenvalue weighted by Gasteiger charge is 2.19. The third-order valence-corrected chi connectivity index (χ3v) is 16.8. The number of carbonyl (C=O) groups excluding carboxylic acids is 3. The fourth-order valence-corrected chi connectivity index (χ4v) is 11.2. The van der Waals surface area contributed by atoms with Gasteiger partial charge in [0.05, 0.1) is 0 Å². The summed E-state index contributed by atoms with van der Waals surface area (Å²) >= 11 is 0. The predicted octanol–water partition coefficient (Wildman–Crippen LogP) is 25.7. The van der Waals surface area contributed by atoms with Gasteiger partial charge in [-0.15, -0.1) is 0 Å². The minimum absolute atomic E-state index is 0.0735. The van der Waals surface area contributed by atoms with Crippen molar-refractivity contribution < 1.29 is 28.6 Å². The molecule has 6 heteroatoms. The molecular formula is C77H142O6. The van der Waals surface area contributed by atoms with E-state index in [1.54, 1.807) is 0 Å². The van der Waals surface area contributed by atoms with Crippen molar-refractivity contribution in [1.82, 2.24) is 0 Å². The monoisotopic (exact) mass is 1160 g/mol. The zero-order valence-corrected chi connectivity index (χ0v) is 56.0. The average Bonchev–Trinajstić information content (AvgIpc) is 3.50. The molecule has 0 bridgehead atoms. The van der Waals surface area contributed by atoms with Crippen LogP contribution in [0, 0.1) is 0 Å². The summed E-state index contributed by atoms with van der Waals surface area (Å²) in [6, 6.07) is 0. The van der Waals surface area contributed by atoms with E-state index >= 15 is 0 Å². The van der Waals surface area contributed by atoms with Crippen LogP contribution in [0.5, 0.6) is 0 Å². The number of hydrogen-bond donors (Lipinski definition) is 0. The first-order valence-corrected chi connectivity index (χ1v) is 37.1. The minimum atomic E-state index is -0.780. The zero-order valence-electron chi connectivity index (χ0n) is 56.0. The summed E-state index contributed by atoms with van der Waals surface area (Å²) in [5.74, 6) is -0.856. The maximum Gasteiger partial charge on any atom is 0.306 e.